The first-order chi connectivity index (χ1) is 11.9. The van der Waals surface area contributed by atoms with Crippen LogP contribution in [0.15, 0.2) is 36.4 Å². The Hall–Kier alpha value is -1.63. The summed E-state index contributed by atoms with van der Waals surface area (Å²) in [7, 11) is 0. The monoisotopic (exact) mass is 401 g/mol. The summed E-state index contributed by atoms with van der Waals surface area (Å²) in [4.78, 5) is 4.13. The molecule has 0 aliphatic carbocycles. The van der Waals surface area contributed by atoms with Crippen molar-refractivity contribution in [2.75, 3.05) is 36.4 Å². The van der Waals surface area contributed by atoms with Crippen molar-refractivity contribution in [1.82, 2.24) is 4.90 Å². The largest absolute Gasteiger partial charge is 0.368 e. The van der Waals surface area contributed by atoms with Crippen molar-refractivity contribution in [3.8, 4) is 0 Å². The first-order valence-electron chi connectivity index (χ1n) is 7.65. The van der Waals surface area contributed by atoms with E-state index in [1.807, 2.05) is 17.0 Å². The number of rotatable bonds is 2. The van der Waals surface area contributed by atoms with Gasteiger partial charge in [0.25, 0.3) is 0 Å². The highest BCUT2D eigenvalue weighted by atomic mass is 35.5. The minimum atomic E-state index is -0.670. The fraction of sp³-hybridized carbons (Fsp3) is 0.235. The summed E-state index contributed by atoms with van der Waals surface area (Å²) in [6.07, 6.45) is 0. The summed E-state index contributed by atoms with van der Waals surface area (Å²) < 4.78 is 26.7. The summed E-state index contributed by atoms with van der Waals surface area (Å²) in [6, 6.07) is 8.89. The van der Waals surface area contributed by atoms with E-state index in [1.165, 1.54) is 12.1 Å². The maximum atomic E-state index is 13.7. The Kier molecular flexibility index (Phi) is 5.61. The lowest BCUT2D eigenvalue weighted by atomic mass is 10.2. The second kappa shape index (κ2) is 7.72. The van der Waals surface area contributed by atoms with Crippen LogP contribution in [-0.4, -0.2) is 36.2 Å². The Bertz CT molecular complexity index is 795. The third kappa shape index (κ3) is 4.32. The van der Waals surface area contributed by atoms with Gasteiger partial charge in [0, 0.05) is 37.9 Å². The van der Waals surface area contributed by atoms with Gasteiger partial charge in [0.2, 0.25) is 0 Å². The predicted molar refractivity (Wildman–Crippen MR) is 103 cm³/mol. The molecule has 0 radical (unpaired) electrons. The molecule has 132 valence electrons. The zero-order valence-electron chi connectivity index (χ0n) is 13.1. The number of piperazine rings is 1. The van der Waals surface area contributed by atoms with Gasteiger partial charge >= 0.3 is 0 Å². The number of hydrogen-bond donors (Lipinski definition) is 1. The number of anilines is 2. The Morgan fingerprint density at radius 2 is 1.68 bits per heavy atom. The highest BCUT2D eigenvalue weighted by Crippen LogP contribution is 2.28. The number of nitrogens with one attached hydrogen (secondary N) is 1. The van der Waals surface area contributed by atoms with E-state index in [1.54, 1.807) is 6.07 Å². The van der Waals surface area contributed by atoms with E-state index in [0.29, 0.717) is 28.2 Å². The van der Waals surface area contributed by atoms with Gasteiger partial charge in [-0.2, -0.15) is 0 Å². The number of hydrogen-bond acceptors (Lipinski definition) is 2. The predicted octanol–water partition coefficient (Wildman–Crippen LogP) is 4.79. The fourth-order valence-corrected chi connectivity index (χ4v) is 3.22. The molecule has 1 N–H and O–H groups in total. The van der Waals surface area contributed by atoms with Crippen LogP contribution in [0.4, 0.5) is 20.2 Å². The first-order valence-corrected chi connectivity index (χ1v) is 8.81. The quantitative estimate of drug-likeness (QED) is 0.728. The molecule has 0 aromatic heterocycles. The van der Waals surface area contributed by atoms with Gasteiger partial charge in [0.1, 0.15) is 11.6 Å². The van der Waals surface area contributed by atoms with Crippen LogP contribution >= 0.6 is 35.4 Å². The smallest absolute Gasteiger partial charge is 0.173 e. The Morgan fingerprint density at radius 3 is 2.32 bits per heavy atom. The molecule has 2 aromatic rings. The second-order valence-electron chi connectivity index (χ2n) is 5.63. The van der Waals surface area contributed by atoms with E-state index in [4.69, 9.17) is 35.4 Å². The second-order valence-corrected chi connectivity index (χ2v) is 6.83. The molecule has 3 rings (SSSR count). The van der Waals surface area contributed by atoms with Crippen molar-refractivity contribution in [1.29, 1.82) is 0 Å². The molecule has 0 saturated carbocycles. The van der Waals surface area contributed by atoms with Gasteiger partial charge in [-0.05, 0) is 42.5 Å². The van der Waals surface area contributed by atoms with Crippen LogP contribution in [0.5, 0.6) is 0 Å². The minimum absolute atomic E-state index is 0.165. The summed E-state index contributed by atoms with van der Waals surface area (Å²) in [5, 5.41) is 4.30. The summed E-state index contributed by atoms with van der Waals surface area (Å²) in [6.45, 7) is 2.83. The van der Waals surface area contributed by atoms with E-state index >= 15 is 0 Å². The minimum Gasteiger partial charge on any atom is -0.368 e. The molecule has 0 unspecified atom stereocenters. The van der Waals surface area contributed by atoms with Gasteiger partial charge in [0.15, 0.2) is 5.11 Å². The van der Waals surface area contributed by atoms with Gasteiger partial charge in [-0.1, -0.05) is 23.2 Å². The van der Waals surface area contributed by atoms with Gasteiger partial charge in [-0.3, -0.25) is 0 Å². The number of thiocarbonyl (C=S) groups is 1. The molecule has 0 spiro atoms. The van der Waals surface area contributed by atoms with E-state index in [0.717, 1.165) is 24.8 Å². The molecule has 0 amide bonds. The molecule has 1 saturated heterocycles. The van der Waals surface area contributed by atoms with Crippen LogP contribution in [0.1, 0.15) is 0 Å². The van der Waals surface area contributed by atoms with Crippen LogP contribution in [0.3, 0.4) is 0 Å². The molecule has 25 heavy (non-hydrogen) atoms. The molecular formula is C17H15Cl2F2N3S. The van der Waals surface area contributed by atoms with Crippen molar-refractivity contribution in [3.05, 3.63) is 58.1 Å². The molecule has 0 atom stereocenters. The van der Waals surface area contributed by atoms with Crippen LogP contribution in [0.25, 0.3) is 0 Å². The molecular weight excluding hydrogens is 387 g/mol. The first kappa shape index (κ1) is 18.2. The lowest BCUT2D eigenvalue weighted by molar-refractivity contribution is 0.391. The summed E-state index contributed by atoms with van der Waals surface area (Å²) >= 11 is 17.4. The molecule has 2 aromatic carbocycles. The van der Waals surface area contributed by atoms with Crippen LogP contribution in [-0.2, 0) is 0 Å². The average Bonchev–Trinajstić information content (AvgIpc) is 2.60. The van der Waals surface area contributed by atoms with Crippen molar-refractivity contribution in [2.45, 2.75) is 0 Å². The van der Waals surface area contributed by atoms with Crippen LogP contribution in [0, 0.1) is 11.6 Å². The van der Waals surface area contributed by atoms with E-state index in [-0.39, 0.29) is 5.69 Å². The number of nitrogens with zero attached hydrogens (tertiary/aromatic N) is 2. The topological polar surface area (TPSA) is 18.5 Å². The lowest BCUT2D eigenvalue weighted by Gasteiger charge is -2.37. The van der Waals surface area contributed by atoms with Crippen molar-refractivity contribution >= 4 is 51.9 Å². The maximum Gasteiger partial charge on any atom is 0.173 e. The van der Waals surface area contributed by atoms with E-state index < -0.39 is 11.6 Å². The standard InChI is InChI=1S/C17H15Cl2F2N3S/c18-13-3-2-12(10-14(13)19)23-5-7-24(8-6-23)17(25)22-16-4-1-11(20)9-15(16)21/h1-4,9-10H,5-8H2,(H,22,25). The molecule has 3 nitrogen and oxygen atoms in total. The molecule has 8 heteroatoms. The number of benzene rings is 2. The third-order valence-corrected chi connectivity index (χ3v) is 5.11. The molecule has 1 heterocycles. The van der Waals surface area contributed by atoms with Gasteiger partial charge in [-0.15, -0.1) is 0 Å². The van der Waals surface area contributed by atoms with Crippen molar-refractivity contribution < 1.29 is 8.78 Å². The summed E-state index contributed by atoms with van der Waals surface area (Å²) in [5.74, 6) is -1.29. The van der Waals surface area contributed by atoms with Gasteiger partial charge in [-0.25, -0.2) is 8.78 Å². The van der Waals surface area contributed by atoms with E-state index in [9.17, 15) is 8.78 Å². The lowest BCUT2D eigenvalue weighted by Crippen LogP contribution is -2.50. The Morgan fingerprint density at radius 1 is 0.960 bits per heavy atom. The molecule has 1 fully saturated rings. The third-order valence-electron chi connectivity index (χ3n) is 4.01. The fourth-order valence-electron chi connectivity index (χ4n) is 2.63. The van der Waals surface area contributed by atoms with E-state index in [2.05, 4.69) is 10.2 Å². The number of halogens is 4. The molecule has 1 aliphatic heterocycles. The average molecular weight is 402 g/mol. The summed E-state index contributed by atoms with van der Waals surface area (Å²) in [5.41, 5.74) is 1.16. The van der Waals surface area contributed by atoms with Crippen molar-refractivity contribution in [2.24, 2.45) is 0 Å². The van der Waals surface area contributed by atoms with Crippen LogP contribution < -0.4 is 10.2 Å². The highest BCUT2D eigenvalue weighted by Gasteiger charge is 2.20. The van der Waals surface area contributed by atoms with Crippen LogP contribution in [0.2, 0.25) is 10.0 Å². The molecule has 1 aliphatic rings. The van der Waals surface area contributed by atoms with Gasteiger partial charge in [0.05, 0.1) is 15.7 Å². The maximum absolute atomic E-state index is 13.7. The zero-order valence-corrected chi connectivity index (χ0v) is 15.4. The van der Waals surface area contributed by atoms with Crippen molar-refractivity contribution in [3.63, 3.8) is 0 Å². The SMILES string of the molecule is Fc1ccc(NC(=S)N2CCN(c3ccc(Cl)c(Cl)c3)CC2)c(F)c1. The Balaban J connectivity index is 1.59. The van der Waals surface area contributed by atoms with Gasteiger partial charge < -0.3 is 15.1 Å². The zero-order chi connectivity index (χ0) is 18.0. The Labute approximate surface area is 160 Å². The highest BCUT2D eigenvalue weighted by molar-refractivity contribution is 7.80. The molecule has 0 bridgehead atoms. The normalized spacial score (nSPS) is 14.6.